The molecule has 0 spiro atoms. The molecule has 0 bridgehead atoms. The molecule has 3 rings (SSSR count). The smallest absolute Gasteiger partial charge is 0.261 e. The largest absolute Gasteiger partial charge is 0.481 e. The number of aryl methyl sites for hydroxylation is 2. The van der Waals surface area contributed by atoms with Gasteiger partial charge in [0.25, 0.3) is 5.91 Å². The third-order valence-electron chi connectivity index (χ3n) is 5.38. The highest BCUT2D eigenvalue weighted by atomic mass is 16.5. The topological polar surface area (TPSA) is 38.3 Å². The average Bonchev–Trinajstić information content (AvgIpc) is 3.09. The van der Waals surface area contributed by atoms with Gasteiger partial charge in [0.2, 0.25) is 0 Å². The molecule has 2 atom stereocenters. The van der Waals surface area contributed by atoms with Crippen molar-refractivity contribution in [2.24, 2.45) is 0 Å². The summed E-state index contributed by atoms with van der Waals surface area (Å²) in [4.78, 5) is 12.6. The van der Waals surface area contributed by atoms with Gasteiger partial charge < -0.3 is 10.1 Å². The minimum absolute atomic E-state index is 0.0299. The predicted molar refractivity (Wildman–Crippen MR) is 110 cm³/mol. The standard InChI is InChI=1S/C24H31NO2/c1-16(19-10-9-18-7-6-8-20(18)15-19)25-23(26)17(2)27-22-13-11-21(12-14-22)24(3,4)5/h9-17H,6-8H2,1-5H3,(H,25,26)/t16-,17-/m0/s1. The average molecular weight is 366 g/mol. The first kappa shape index (κ1) is 19.5. The number of rotatable bonds is 5. The van der Waals surface area contributed by atoms with Crippen molar-refractivity contribution in [1.29, 1.82) is 0 Å². The Morgan fingerprint density at radius 2 is 1.67 bits per heavy atom. The molecular formula is C24H31NO2. The van der Waals surface area contributed by atoms with Gasteiger partial charge in [-0.2, -0.15) is 0 Å². The zero-order chi connectivity index (χ0) is 19.6. The molecule has 0 fully saturated rings. The van der Waals surface area contributed by atoms with Crippen LogP contribution in [0.5, 0.6) is 5.75 Å². The van der Waals surface area contributed by atoms with Gasteiger partial charge in [-0.1, -0.05) is 51.1 Å². The summed E-state index contributed by atoms with van der Waals surface area (Å²) in [6, 6.07) is 14.5. The summed E-state index contributed by atoms with van der Waals surface area (Å²) in [6.07, 6.45) is 3.02. The Labute approximate surface area is 163 Å². The van der Waals surface area contributed by atoms with E-state index >= 15 is 0 Å². The first-order valence-corrected chi connectivity index (χ1v) is 9.93. The summed E-state index contributed by atoms with van der Waals surface area (Å²) in [5.41, 5.74) is 5.39. The van der Waals surface area contributed by atoms with E-state index in [1.165, 1.54) is 29.5 Å². The van der Waals surface area contributed by atoms with Crippen LogP contribution in [-0.4, -0.2) is 12.0 Å². The maximum Gasteiger partial charge on any atom is 0.261 e. The third kappa shape index (κ3) is 4.71. The van der Waals surface area contributed by atoms with E-state index in [0.717, 1.165) is 17.7 Å². The molecule has 0 heterocycles. The molecule has 0 unspecified atom stereocenters. The molecule has 1 aliphatic carbocycles. The Morgan fingerprint density at radius 1 is 1.00 bits per heavy atom. The van der Waals surface area contributed by atoms with Crippen molar-refractivity contribution in [2.75, 3.05) is 0 Å². The number of nitrogens with one attached hydrogen (secondary N) is 1. The van der Waals surface area contributed by atoms with E-state index in [9.17, 15) is 4.79 Å². The van der Waals surface area contributed by atoms with Crippen LogP contribution in [0, 0.1) is 0 Å². The second kappa shape index (κ2) is 7.75. The molecule has 0 aliphatic heterocycles. The number of hydrogen-bond donors (Lipinski definition) is 1. The minimum Gasteiger partial charge on any atom is -0.481 e. The molecule has 27 heavy (non-hydrogen) atoms. The van der Waals surface area contributed by atoms with Crippen molar-refractivity contribution in [3.8, 4) is 5.75 Å². The SMILES string of the molecule is C[C@H](Oc1ccc(C(C)(C)C)cc1)C(=O)N[C@@H](C)c1ccc2c(c1)CCC2. The highest BCUT2D eigenvalue weighted by Gasteiger charge is 2.20. The fourth-order valence-corrected chi connectivity index (χ4v) is 3.57. The Balaban J connectivity index is 1.58. The van der Waals surface area contributed by atoms with Crippen molar-refractivity contribution < 1.29 is 9.53 Å². The predicted octanol–water partition coefficient (Wildman–Crippen LogP) is 5.12. The fourth-order valence-electron chi connectivity index (χ4n) is 3.57. The molecule has 3 nitrogen and oxygen atoms in total. The number of fused-ring (bicyclic) bond motifs is 1. The van der Waals surface area contributed by atoms with E-state index in [2.05, 4.69) is 56.4 Å². The Bertz CT molecular complexity index is 802. The van der Waals surface area contributed by atoms with Crippen LogP contribution in [0.4, 0.5) is 0 Å². The van der Waals surface area contributed by atoms with Crippen LogP contribution in [0.3, 0.4) is 0 Å². The van der Waals surface area contributed by atoms with Crippen molar-refractivity contribution in [1.82, 2.24) is 5.32 Å². The van der Waals surface area contributed by atoms with E-state index in [0.29, 0.717) is 0 Å². The number of benzene rings is 2. The molecule has 0 radical (unpaired) electrons. The van der Waals surface area contributed by atoms with Gasteiger partial charge in [-0.3, -0.25) is 4.79 Å². The Hall–Kier alpha value is -2.29. The van der Waals surface area contributed by atoms with Crippen molar-refractivity contribution >= 4 is 5.91 Å². The Morgan fingerprint density at radius 3 is 2.33 bits per heavy atom. The summed E-state index contributed by atoms with van der Waals surface area (Å²) in [7, 11) is 0. The summed E-state index contributed by atoms with van der Waals surface area (Å²) >= 11 is 0. The lowest BCUT2D eigenvalue weighted by atomic mass is 9.87. The van der Waals surface area contributed by atoms with Gasteiger partial charge in [0.1, 0.15) is 5.75 Å². The van der Waals surface area contributed by atoms with Crippen molar-refractivity contribution in [3.05, 3.63) is 64.7 Å². The highest BCUT2D eigenvalue weighted by molar-refractivity contribution is 5.81. The van der Waals surface area contributed by atoms with Crippen LogP contribution in [0.15, 0.2) is 42.5 Å². The van der Waals surface area contributed by atoms with Crippen LogP contribution in [0.1, 0.15) is 69.3 Å². The molecule has 0 saturated carbocycles. The molecule has 1 N–H and O–H groups in total. The van der Waals surface area contributed by atoms with Gasteiger partial charge in [-0.15, -0.1) is 0 Å². The van der Waals surface area contributed by atoms with Gasteiger partial charge in [0.05, 0.1) is 6.04 Å². The van der Waals surface area contributed by atoms with E-state index in [4.69, 9.17) is 4.74 Å². The lowest BCUT2D eigenvalue weighted by Crippen LogP contribution is -2.37. The molecule has 0 saturated heterocycles. The third-order valence-corrected chi connectivity index (χ3v) is 5.38. The van der Waals surface area contributed by atoms with E-state index in [-0.39, 0.29) is 17.4 Å². The lowest BCUT2D eigenvalue weighted by Gasteiger charge is -2.21. The van der Waals surface area contributed by atoms with Crippen LogP contribution in [0.2, 0.25) is 0 Å². The normalized spacial score (nSPS) is 15.7. The van der Waals surface area contributed by atoms with E-state index < -0.39 is 6.10 Å². The van der Waals surface area contributed by atoms with Gasteiger partial charge in [-0.25, -0.2) is 0 Å². The van der Waals surface area contributed by atoms with E-state index in [1.54, 1.807) is 6.92 Å². The van der Waals surface area contributed by atoms with Crippen LogP contribution < -0.4 is 10.1 Å². The summed E-state index contributed by atoms with van der Waals surface area (Å²) in [5, 5.41) is 3.08. The van der Waals surface area contributed by atoms with Crippen LogP contribution >= 0.6 is 0 Å². The maximum atomic E-state index is 12.6. The minimum atomic E-state index is -0.539. The van der Waals surface area contributed by atoms with Gasteiger partial charge in [-0.05, 0) is 72.9 Å². The first-order valence-electron chi connectivity index (χ1n) is 9.93. The van der Waals surface area contributed by atoms with Crippen LogP contribution in [-0.2, 0) is 23.1 Å². The number of amides is 1. The van der Waals surface area contributed by atoms with Gasteiger partial charge in [0, 0.05) is 0 Å². The lowest BCUT2D eigenvalue weighted by molar-refractivity contribution is -0.127. The maximum absolute atomic E-state index is 12.6. The molecule has 1 aliphatic rings. The van der Waals surface area contributed by atoms with Crippen molar-refractivity contribution in [2.45, 2.75) is 71.4 Å². The molecule has 3 heteroatoms. The zero-order valence-corrected chi connectivity index (χ0v) is 17.1. The number of carbonyl (C=O) groups is 1. The quantitative estimate of drug-likeness (QED) is 0.799. The molecule has 144 valence electrons. The van der Waals surface area contributed by atoms with Crippen molar-refractivity contribution in [3.63, 3.8) is 0 Å². The van der Waals surface area contributed by atoms with Gasteiger partial charge in [0.15, 0.2) is 6.10 Å². The molecular weight excluding hydrogens is 334 g/mol. The molecule has 2 aromatic carbocycles. The second-order valence-electron chi connectivity index (χ2n) is 8.65. The highest BCUT2D eigenvalue weighted by Crippen LogP contribution is 2.26. The Kier molecular flexibility index (Phi) is 5.59. The summed E-state index contributed by atoms with van der Waals surface area (Å²) in [6.45, 7) is 10.4. The summed E-state index contributed by atoms with van der Waals surface area (Å²) < 4.78 is 5.84. The number of hydrogen-bond acceptors (Lipinski definition) is 2. The van der Waals surface area contributed by atoms with E-state index in [1.807, 2.05) is 19.1 Å². The fraction of sp³-hybridized carbons (Fsp3) is 0.458. The number of ether oxygens (including phenoxy) is 1. The first-order chi connectivity index (χ1) is 12.7. The zero-order valence-electron chi connectivity index (χ0n) is 17.1. The van der Waals surface area contributed by atoms with Gasteiger partial charge >= 0.3 is 0 Å². The molecule has 0 aromatic heterocycles. The molecule has 1 amide bonds. The number of carbonyl (C=O) groups excluding carboxylic acids is 1. The summed E-state index contributed by atoms with van der Waals surface area (Å²) in [5.74, 6) is 0.624. The van der Waals surface area contributed by atoms with Crippen LogP contribution in [0.25, 0.3) is 0 Å². The monoisotopic (exact) mass is 365 g/mol. The second-order valence-corrected chi connectivity index (χ2v) is 8.65. The molecule has 2 aromatic rings.